The molecule has 2 aromatic heterocycles. The number of nitrogens with one attached hydrogen (secondary N) is 2. The van der Waals surface area contributed by atoms with E-state index in [0.29, 0.717) is 67.8 Å². The summed E-state index contributed by atoms with van der Waals surface area (Å²) in [6.45, 7) is 13.2. The quantitative estimate of drug-likeness (QED) is 0.0924. The summed E-state index contributed by atoms with van der Waals surface area (Å²) < 4.78 is 15.2. The van der Waals surface area contributed by atoms with Gasteiger partial charge in [0.25, 0.3) is 0 Å². The van der Waals surface area contributed by atoms with Crippen LogP contribution >= 0.6 is 23.2 Å². The molecule has 4 atom stereocenters. The predicted molar refractivity (Wildman–Crippen MR) is 272 cm³/mol. The van der Waals surface area contributed by atoms with E-state index in [1.807, 2.05) is 130 Å². The van der Waals surface area contributed by atoms with Crippen LogP contribution in [0.5, 0.6) is 0 Å². The minimum atomic E-state index is -0.864. The summed E-state index contributed by atoms with van der Waals surface area (Å²) in [5, 5.41) is 9.56. The number of carbonyl (C=O) groups is 3. The molecule has 0 aliphatic carbocycles. The number of hydrogen-bond acceptors (Lipinski definition) is 11. The molecule has 6 N–H and O–H groups in total. The highest BCUT2D eigenvalue weighted by molar-refractivity contribution is 6.32. The summed E-state index contributed by atoms with van der Waals surface area (Å²) in [6.07, 6.45) is 0.385. The van der Waals surface area contributed by atoms with Crippen molar-refractivity contribution in [3.05, 3.63) is 116 Å². The van der Waals surface area contributed by atoms with Crippen LogP contribution in [-0.2, 0) is 27.4 Å². The van der Waals surface area contributed by atoms with Crippen LogP contribution in [0, 0.1) is 0 Å². The lowest BCUT2D eigenvalue weighted by molar-refractivity contribution is -0.123. The Kier molecular flexibility index (Phi) is 13.8. The molecule has 15 heteroatoms. The molecule has 0 saturated heterocycles. The maximum atomic E-state index is 15.5. The number of halogens is 2. The number of ketones is 1. The molecule has 0 bridgehead atoms. The Balaban J connectivity index is 1.25. The van der Waals surface area contributed by atoms with E-state index >= 15 is 4.79 Å². The van der Waals surface area contributed by atoms with Crippen molar-refractivity contribution in [1.82, 2.24) is 29.6 Å². The fraction of sp³-hybridized carbons (Fsp3) is 0.415. The Morgan fingerprint density at radius 3 is 1.37 bits per heavy atom. The Morgan fingerprint density at radius 2 is 1.01 bits per heavy atom. The van der Waals surface area contributed by atoms with E-state index < -0.39 is 35.5 Å². The zero-order valence-corrected chi connectivity index (χ0v) is 42.2. The van der Waals surface area contributed by atoms with Crippen molar-refractivity contribution >= 4 is 63.0 Å². The Labute approximate surface area is 409 Å². The van der Waals surface area contributed by atoms with Crippen LogP contribution in [0.2, 0.25) is 10.0 Å². The largest absolute Gasteiger partial charge is 0.443 e. The van der Waals surface area contributed by atoms with E-state index in [0.717, 1.165) is 59.0 Å². The van der Waals surface area contributed by atoms with Crippen molar-refractivity contribution in [2.24, 2.45) is 11.5 Å². The number of carbonyl (C=O) groups excluding carboxylic acids is 3. The second kappa shape index (κ2) is 19.0. The van der Waals surface area contributed by atoms with Gasteiger partial charge in [0.1, 0.15) is 11.2 Å². The van der Waals surface area contributed by atoms with Crippen LogP contribution in [0.3, 0.4) is 0 Å². The number of nitrogens with two attached hydrogens (primary N) is 2. The molecule has 0 amide bonds. The number of nitrogens with zero attached hydrogens (tertiary/aromatic N) is 4. The van der Waals surface area contributed by atoms with Gasteiger partial charge >= 0.3 is 12.2 Å². The summed E-state index contributed by atoms with van der Waals surface area (Å²) >= 11 is 14.0. The molecule has 4 heterocycles. The first kappa shape index (κ1) is 49.3. The average molecular weight is 964 g/mol. The second-order valence-corrected chi connectivity index (χ2v) is 21.5. The fourth-order valence-corrected chi connectivity index (χ4v) is 9.93. The van der Waals surface area contributed by atoms with Gasteiger partial charge in [0, 0.05) is 57.1 Å². The number of Topliss-reactive ketones (excluding diaryl/α,β-unsaturated/α-hetero) is 1. The lowest BCUT2D eigenvalue weighted by Crippen LogP contribution is -2.32. The number of hydrogen-bond donors (Lipinski definition) is 4. The van der Waals surface area contributed by atoms with Gasteiger partial charge in [-0.3, -0.25) is 15.4 Å². The Bertz CT molecular complexity index is 2750. The van der Waals surface area contributed by atoms with Gasteiger partial charge in [0.05, 0.1) is 34.5 Å². The van der Waals surface area contributed by atoms with Crippen LogP contribution in [-0.4, -0.2) is 89.4 Å². The van der Waals surface area contributed by atoms with Gasteiger partial charge in [-0.25, -0.2) is 18.7 Å². The molecule has 0 saturated carbocycles. The zero-order valence-electron chi connectivity index (χ0n) is 40.7. The number of aromatic nitrogens is 2. The van der Waals surface area contributed by atoms with Gasteiger partial charge in [0.15, 0.2) is 5.78 Å². The Hall–Kier alpha value is -5.09. The van der Waals surface area contributed by atoms with Gasteiger partial charge in [0.2, 0.25) is 0 Å². The Morgan fingerprint density at radius 1 is 0.632 bits per heavy atom. The zero-order chi connectivity index (χ0) is 49.1. The van der Waals surface area contributed by atoms with Crippen molar-refractivity contribution in [3.63, 3.8) is 0 Å². The first-order valence-corrected chi connectivity index (χ1v) is 24.0. The van der Waals surface area contributed by atoms with Crippen LogP contribution in [0.1, 0.15) is 112 Å². The normalized spacial score (nSPS) is 17.0. The minimum Gasteiger partial charge on any atom is -0.443 e. The lowest BCUT2D eigenvalue weighted by atomic mass is 9.87. The third-order valence-corrected chi connectivity index (χ3v) is 13.4. The van der Waals surface area contributed by atoms with Crippen molar-refractivity contribution < 1.29 is 23.9 Å². The highest BCUT2D eigenvalue weighted by Gasteiger charge is 2.42. The van der Waals surface area contributed by atoms with E-state index in [1.165, 1.54) is 0 Å². The fourth-order valence-electron chi connectivity index (χ4n) is 9.47. The number of fused-ring (bicyclic) bond motifs is 4. The minimum absolute atomic E-state index is 0.183. The SMILES string of the molecule is CN(C)CCC(N)c1ccc2c(c1)cc(-c1ccc(Cl)c3c1C(C(=O)C1NCc4c(Cl)ccc(-c5cc6cc(C(N)CCN(C)C)ccc6n5C(=O)OC(C)(C)C)c41)NC3)n2C(=O)OC(C)(C)C. The highest BCUT2D eigenvalue weighted by atomic mass is 35.5. The summed E-state index contributed by atoms with van der Waals surface area (Å²) in [4.78, 5) is 48.4. The monoisotopic (exact) mass is 962 g/mol. The summed E-state index contributed by atoms with van der Waals surface area (Å²) in [6, 6.07) is 20.9. The smallest absolute Gasteiger partial charge is 0.419 e. The van der Waals surface area contributed by atoms with Crippen LogP contribution in [0.25, 0.3) is 44.3 Å². The number of benzene rings is 4. The molecule has 0 spiro atoms. The number of ether oxygens (including phenoxy) is 2. The summed E-state index contributed by atoms with van der Waals surface area (Å²) in [5.41, 5.74) is 20.2. The molecule has 2 aliphatic rings. The molecule has 360 valence electrons. The number of rotatable bonds is 12. The standard InChI is InChI=1S/C53H64Cl2N8O5/c1-52(2,3)67-50(65)62-41-17-11-29(39(56)19-21-60(7)8)23-31(41)25-43(62)33-13-15-37(54)35-27-58-47(45(33)35)49(64)48-46-34(14-16-38(55)36(46)28-59-48)44-26-32-24-30(40(57)20-22-61(9)10)12-18-42(32)63(44)51(66)68-53(4,5)6/h11-18,23-26,39-40,47-48,58-59H,19-22,27-28,56-57H2,1-10H3. The topological polar surface area (TPSA) is 162 Å². The van der Waals surface area contributed by atoms with E-state index in [1.54, 1.807) is 21.3 Å². The molecular weight excluding hydrogens is 900 g/mol. The first-order chi connectivity index (χ1) is 32.0. The van der Waals surface area contributed by atoms with Gasteiger partial charge in [-0.15, -0.1) is 0 Å². The average Bonchev–Trinajstić information content (AvgIpc) is 4.06. The lowest BCUT2D eigenvalue weighted by Gasteiger charge is -2.24. The maximum Gasteiger partial charge on any atom is 0.419 e. The predicted octanol–water partition coefficient (Wildman–Crippen LogP) is 10.3. The molecule has 4 aromatic carbocycles. The van der Waals surface area contributed by atoms with E-state index in [2.05, 4.69) is 20.4 Å². The maximum absolute atomic E-state index is 15.5. The summed E-state index contributed by atoms with van der Waals surface area (Å²) in [5.74, 6) is -0.183. The van der Waals surface area contributed by atoms with Crippen molar-refractivity contribution in [1.29, 1.82) is 0 Å². The molecule has 13 nitrogen and oxygen atoms in total. The van der Waals surface area contributed by atoms with Crippen LogP contribution in [0.15, 0.2) is 72.8 Å². The van der Waals surface area contributed by atoms with Gasteiger partial charge in [-0.1, -0.05) is 47.5 Å². The molecule has 4 unspecified atom stereocenters. The third-order valence-electron chi connectivity index (χ3n) is 12.7. The van der Waals surface area contributed by atoms with E-state index in [4.69, 9.17) is 44.1 Å². The van der Waals surface area contributed by atoms with E-state index in [-0.39, 0.29) is 17.9 Å². The van der Waals surface area contributed by atoms with Crippen molar-refractivity contribution in [2.75, 3.05) is 41.3 Å². The highest BCUT2D eigenvalue weighted by Crippen LogP contribution is 2.47. The van der Waals surface area contributed by atoms with Gasteiger partial charge < -0.3 is 30.7 Å². The van der Waals surface area contributed by atoms with Crippen LogP contribution in [0.4, 0.5) is 9.59 Å². The van der Waals surface area contributed by atoms with Crippen molar-refractivity contribution in [2.45, 2.75) is 103 Å². The molecular formula is C53H64Cl2N8O5. The molecule has 2 aliphatic heterocycles. The second-order valence-electron chi connectivity index (χ2n) is 20.7. The van der Waals surface area contributed by atoms with Crippen molar-refractivity contribution in [3.8, 4) is 22.5 Å². The van der Waals surface area contributed by atoms with Crippen LogP contribution < -0.4 is 22.1 Å². The molecule has 8 rings (SSSR count). The molecule has 0 fully saturated rings. The third kappa shape index (κ3) is 9.86. The molecule has 0 radical (unpaired) electrons. The first-order valence-electron chi connectivity index (χ1n) is 23.2. The van der Waals surface area contributed by atoms with E-state index in [9.17, 15) is 9.59 Å². The van der Waals surface area contributed by atoms with Gasteiger partial charge in [-0.05, 0) is 178 Å². The molecule has 68 heavy (non-hydrogen) atoms. The summed E-state index contributed by atoms with van der Waals surface area (Å²) in [7, 11) is 8.07. The van der Waals surface area contributed by atoms with Gasteiger partial charge in [-0.2, -0.15) is 0 Å². The molecule has 6 aromatic rings.